The van der Waals surface area contributed by atoms with Crippen molar-refractivity contribution in [3.63, 3.8) is 0 Å². The van der Waals surface area contributed by atoms with Gasteiger partial charge in [0.1, 0.15) is 12.6 Å². The molecule has 2 fully saturated rings. The Labute approximate surface area is 150 Å². The summed E-state index contributed by atoms with van der Waals surface area (Å²) < 4.78 is 16.1. The summed E-state index contributed by atoms with van der Waals surface area (Å²) in [6, 6.07) is 7.64. The number of fused-ring (bicyclic) bond motifs is 2. The van der Waals surface area contributed by atoms with Crippen molar-refractivity contribution >= 4 is 17.8 Å². The summed E-state index contributed by atoms with van der Waals surface area (Å²) in [5.74, 6) is -0.962. The third kappa shape index (κ3) is 2.27. The molecular weight excluding hydrogens is 338 g/mol. The Morgan fingerprint density at radius 2 is 1.96 bits per heavy atom. The molecule has 0 radical (unpaired) electrons. The lowest BCUT2D eigenvalue weighted by atomic mass is 9.84. The Kier molecular flexibility index (Phi) is 3.66. The molecule has 0 spiro atoms. The van der Waals surface area contributed by atoms with Crippen molar-refractivity contribution in [1.82, 2.24) is 4.90 Å². The number of amides is 1. The van der Waals surface area contributed by atoms with E-state index >= 15 is 0 Å². The van der Waals surface area contributed by atoms with Crippen LogP contribution in [-0.4, -0.2) is 53.7 Å². The molecule has 7 heteroatoms. The van der Waals surface area contributed by atoms with Gasteiger partial charge in [0, 0.05) is 6.42 Å². The van der Waals surface area contributed by atoms with Crippen LogP contribution >= 0.6 is 0 Å². The highest BCUT2D eigenvalue weighted by atomic mass is 16.6. The van der Waals surface area contributed by atoms with Crippen LogP contribution in [0.25, 0.3) is 0 Å². The fraction of sp³-hybridized carbons (Fsp3) is 0.421. The zero-order chi connectivity index (χ0) is 18.5. The topological polar surface area (TPSA) is 82.1 Å². The Hall–Kier alpha value is -2.67. The third-order valence-corrected chi connectivity index (χ3v) is 5.20. The lowest BCUT2D eigenvalue weighted by Gasteiger charge is -2.45. The minimum Gasteiger partial charge on any atom is -0.467 e. The van der Waals surface area contributed by atoms with Gasteiger partial charge in [-0.15, -0.1) is 0 Å². The Balaban J connectivity index is 1.81. The van der Waals surface area contributed by atoms with Crippen LogP contribution in [0.2, 0.25) is 0 Å². The SMILES string of the molecule is COC(=O)[C@@]12C=C[C@@](C)(CC(=O)C1N1C(=O)OC[C@H]1c1ccccc1)O2. The van der Waals surface area contributed by atoms with Gasteiger partial charge in [-0.1, -0.05) is 36.4 Å². The average molecular weight is 357 g/mol. The normalized spacial score (nSPS) is 35.5. The van der Waals surface area contributed by atoms with Gasteiger partial charge in [-0.05, 0) is 18.6 Å². The minimum absolute atomic E-state index is 0.0677. The first kappa shape index (κ1) is 16.8. The van der Waals surface area contributed by atoms with E-state index in [1.54, 1.807) is 19.1 Å². The standard InChI is InChI=1S/C19H19NO6/c1-18-8-9-19(26-18,16(22)24-2)15(14(21)10-18)20-13(11-25-17(20)23)12-6-4-3-5-7-12/h3-9,13,15H,10-11H2,1-2H3/t13-,15?,18-,19+/m0/s1. The number of Topliss-reactive ketones (excluding diaryl/α,β-unsaturated/α-hetero) is 1. The summed E-state index contributed by atoms with van der Waals surface area (Å²) in [6.07, 6.45) is 2.66. The smallest absolute Gasteiger partial charge is 0.411 e. The first-order valence-corrected chi connectivity index (χ1v) is 8.42. The van der Waals surface area contributed by atoms with Gasteiger partial charge in [0.15, 0.2) is 5.78 Å². The molecule has 0 N–H and O–H groups in total. The molecular formula is C19H19NO6. The molecule has 1 unspecified atom stereocenters. The van der Waals surface area contributed by atoms with E-state index in [-0.39, 0.29) is 18.8 Å². The van der Waals surface area contributed by atoms with Crippen molar-refractivity contribution in [2.24, 2.45) is 0 Å². The predicted octanol–water partition coefficient (Wildman–Crippen LogP) is 1.78. The third-order valence-electron chi connectivity index (χ3n) is 5.20. The molecule has 4 rings (SSSR count). The molecule has 0 aliphatic carbocycles. The van der Waals surface area contributed by atoms with E-state index in [0.29, 0.717) is 0 Å². The van der Waals surface area contributed by atoms with Gasteiger partial charge in [0.2, 0.25) is 5.60 Å². The van der Waals surface area contributed by atoms with E-state index in [1.165, 1.54) is 12.0 Å². The molecule has 2 saturated heterocycles. The lowest BCUT2D eigenvalue weighted by molar-refractivity contribution is -0.194. The molecule has 4 atom stereocenters. The van der Waals surface area contributed by atoms with Crippen molar-refractivity contribution in [1.29, 1.82) is 0 Å². The van der Waals surface area contributed by atoms with Gasteiger partial charge in [-0.3, -0.25) is 9.69 Å². The summed E-state index contributed by atoms with van der Waals surface area (Å²) in [5.41, 5.74) is -1.72. The van der Waals surface area contributed by atoms with Gasteiger partial charge >= 0.3 is 12.1 Å². The molecule has 136 valence electrons. The second-order valence-electron chi connectivity index (χ2n) is 6.99. The van der Waals surface area contributed by atoms with E-state index in [4.69, 9.17) is 14.2 Å². The molecule has 3 aliphatic heterocycles. The highest BCUT2D eigenvalue weighted by Crippen LogP contribution is 2.47. The quantitative estimate of drug-likeness (QED) is 0.606. The van der Waals surface area contributed by atoms with Crippen LogP contribution in [0.15, 0.2) is 42.5 Å². The zero-order valence-corrected chi connectivity index (χ0v) is 14.5. The molecule has 7 nitrogen and oxygen atoms in total. The van der Waals surface area contributed by atoms with Crippen molar-refractivity contribution in [2.45, 2.75) is 36.6 Å². The maximum absolute atomic E-state index is 13.0. The van der Waals surface area contributed by atoms with Crippen LogP contribution in [-0.2, 0) is 23.8 Å². The second-order valence-corrected chi connectivity index (χ2v) is 6.99. The first-order chi connectivity index (χ1) is 12.4. The van der Waals surface area contributed by atoms with Gasteiger partial charge < -0.3 is 14.2 Å². The summed E-state index contributed by atoms with van der Waals surface area (Å²) in [5, 5.41) is 0. The number of cyclic esters (lactones) is 1. The summed E-state index contributed by atoms with van der Waals surface area (Å²) >= 11 is 0. The molecule has 0 saturated carbocycles. The predicted molar refractivity (Wildman–Crippen MR) is 89.2 cm³/mol. The van der Waals surface area contributed by atoms with E-state index in [0.717, 1.165) is 5.56 Å². The Morgan fingerprint density at radius 3 is 2.65 bits per heavy atom. The van der Waals surface area contributed by atoms with Crippen molar-refractivity contribution < 1.29 is 28.6 Å². The van der Waals surface area contributed by atoms with E-state index in [2.05, 4.69) is 0 Å². The largest absolute Gasteiger partial charge is 0.467 e. The fourth-order valence-electron chi connectivity index (χ4n) is 4.07. The van der Waals surface area contributed by atoms with Crippen molar-refractivity contribution in [3.05, 3.63) is 48.0 Å². The molecule has 3 heterocycles. The maximum atomic E-state index is 13.0. The number of carbonyl (C=O) groups excluding carboxylic acids is 3. The minimum atomic E-state index is -1.66. The number of ether oxygens (including phenoxy) is 3. The van der Waals surface area contributed by atoms with E-state index in [1.807, 2.05) is 30.3 Å². The molecule has 3 aliphatic rings. The van der Waals surface area contributed by atoms with Crippen LogP contribution in [0, 0.1) is 0 Å². The first-order valence-electron chi connectivity index (χ1n) is 8.42. The van der Waals surface area contributed by atoms with Crippen LogP contribution in [0.4, 0.5) is 4.79 Å². The molecule has 26 heavy (non-hydrogen) atoms. The average Bonchev–Trinajstić information content (AvgIpc) is 3.14. The number of hydrogen-bond acceptors (Lipinski definition) is 6. The van der Waals surface area contributed by atoms with E-state index < -0.39 is 35.3 Å². The van der Waals surface area contributed by atoms with Gasteiger partial charge in [0.25, 0.3) is 0 Å². The lowest BCUT2D eigenvalue weighted by Crippen LogP contribution is -2.66. The number of ketones is 1. The van der Waals surface area contributed by atoms with Gasteiger partial charge in [0.05, 0.1) is 18.8 Å². The number of hydrogen-bond donors (Lipinski definition) is 0. The zero-order valence-electron chi connectivity index (χ0n) is 14.5. The fourth-order valence-corrected chi connectivity index (χ4v) is 4.07. The maximum Gasteiger partial charge on any atom is 0.411 e. The number of carbonyl (C=O) groups is 3. The van der Waals surface area contributed by atoms with Crippen LogP contribution < -0.4 is 0 Å². The molecule has 1 aromatic carbocycles. The van der Waals surface area contributed by atoms with Crippen molar-refractivity contribution in [3.8, 4) is 0 Å². The number of rotatable bonds is 3. The Morgan fingerprint density at radius 1 is 1.23 bits per heavy atom. The van der Waals surface area contributed by atoms with Gasteiger partial charge in [-0.25, -0.2) is 9.59 Å². The van der Waals surface area contributed by atoms with Crippen LogP contribution in [0.3, 0.4) is 0 Å². The highest BCUT2D eigenvalue weighted by molar-refractivity contribution is 6.00. The number of nitrogens with zero attached hydrogens (tertiary/aromatic N) is 1. The summed E-state index contributed by atoms with van der Waals surface area (Å²) in [6.45, 7) is 1.84. The molecule has 1 amide bonds. The Bertz CT molecular complexity index is 806. The number of esters is 1. The molecule has 0 aromatic heterocycles. The number of methoxy groups -OCH3 is 1. The van der Waals surface area contributed by atoms with Gasteiger partial charge in [-0.2, -0.15) is 0 Å². The summed E-state index contributed by atoms with van der Waals surface area (Å²) in [7, 11) is 1.23. The summed E-state index contributed by atoms with van der Waals surface area (Å²) in [4.78, 5) is 39.5. The van der Waals surface area contributed by atoms with Crippen molar-refractivity contribution in [2.75, 3.05) is 13.7 Å². The highest BCUT2D eigenvalue weighted by Gasteiger charge is 2.65. The second kappa shape index (κ2) is 5.67. The molecule has 2 bridgehead atoms. The van der Waals surface area contributed by atoms with Crippen LogP contribution in [0.1, 0.15) is 24.9 Å². The molecule has 1 aromatic rings. The van der Waals surface area contributed by atoms with E-state index in [9.17, 15) is 14.4 Å². The number of benzene rings is 1. The van der Waals surface area contributed by atoms with Crippen LogP contribution in [0.5, 0.6) is 0 Å². The monoisotopic (exact) mass is 357 g/mol.